The molecule has 0 radical (unpaired) electrons. The Kier molecular flexibility index (Phi) is 14.2. The maximum atomic E-state index is 13.2. The third-order valence-electron chi connectivity index (χ3n) is 19.3. The summed E-state index contributed by atoms with van der Waals surface area (Å²) in [6, 6.07) is 0. The molecule has 3 saturated heterocycles. The minimum Gasteiger partial charge on any atom is -0.481 e. The highest BCUT2D eigenvalue weighted by molar-refractivity contribution is 5.76. The van der Waals surface area contributed by atoms with Crippen LogP contribution in [0.1, 0.15) is 127 Å². The topological polar surface area (TPSA) is 267 Å². The Morgan fingerprint density at radius 3 is 2.01 bits per heavy atom. The standard InChI is InChI=1S/C50H78O18/c1-24-34(55)39(67-41-36(57)38(65-26(3)53)30(22-62-41)64-25(2)52)37(58)42(63-24)68-40-35(56)29(54)21-61-43(40)66-33-13-14-46(6)31(47(33,7)23-51)12-15-49(9)32(46)11-10-27-28-20-45(4,5)16-18-50(28,44(59)60)19-17-48(27,49)8/h10,24,28-43,51,54-58H,11-23H2,1-9H3,(H,59,60)/t24-,28?,29-,30-,31?,32?,33-,34-,35-,36+,37+,38-,39+,40+,41-,42-,43+,46-,47-,48+,49+,50-/m0/s1. The van der Waals surface area contributed by atoms with E-state index in [1.807, 2.05) is 6.92 Å². The van der Waals surface area contributed by atoms with Crippen LogP contribution >= 0.6 is 0 Å². The molecule has 0 amide bonds. The van der Waals surface area contributed by atoms with Crippen molar-refractivity contribution in [1.82, 2.24) is 0 Å². The smallest absolute Gasteiger partial charge is 0.310 e. The molecule has 3 unspecified atom stereocenters. The number of carboxylic acids is 1. The fourth-order valence-electron chi connectivity index (χ4n) is 15.2. The molecule has 3 aliphatic heterocycles. The molecule has 8 aliphatic rings. The normalized spacial score (nSPS) is 51.1. The van der Waals surface area contributed by atoms with Gasteiger partial charge in [0.25, 0.3) is 0 Å². The van der Waals surface area contributed by atoms with Gasteiger partial charge < -0.3 is 73.6 Å². The molecule has 68 heavy (non-hydrogen) atoms. The summed E-state index contributed by atoms with van der Waals surface area (Å²) in [7, 11) is 0. The molecule has 18 heteroatoms. The minimum atomic E-state index is -1.79. The van der Waals surface area contributed by atoms with E-state index in [2.05, 4.69) is 40.7 Å². The predicted molar refractivity (Wildman–Crippen MR) is 238 cm³/mol. The lowest BCUT2D eigenvalue weighted by molar-refractivity contribution is -0.379. The number of fused-ring (bicyclic) bond motifs is 7. The monoisotopic (exact) mass is 967 g/mol. The van der Waals surface area contributed by atoms with E-state index in [0.717, 1.165) is 58.8 Å². The molecule has 18 nitrogen and oxygen atoms in total. The number of rotatable bonds is 10. The van der Waals surface area contributed by atoms with Crippen LogP contribution in [0.4, 0.5) is 0 Å². The summed E-state index contributed by atoms with van der Waals surface area (Å²) >= 11 is 0. The lowest BCUT2D eigenvalue weighted by atomic mass is 9.33. The number of hydrogen-bond acceptors (Lipinski definition) is 17. The number of aliphatic carboxylic acids is 1. The van der Waals surface area contributed by atoms with Crippen LogP contribution in [-0.2, 0) is 52.3 Å². The fraction of sp³-hybridized carbons (Fsp3) is 0.900. The lowest BCUT2D eigenvalue weighted by Gasteiger charge is -2.71. The van der Waals surface area contributed by atoms with Gasteiger partial charge >= 0.3 is 17.9 Å². The Morgan fingerprint density at radius 2 is 1.35 bits per heavy atom. The van der Waals surface area contributed by atoms with Gasteiger partial charge in [0, 0.05) is 19.3 Å². The molecule has 5 aliphatic carbocycles. The van der Waals surface area contributed by atoms with Crippen LogP contribution in [0, 0.1) is 50.2 Å². The van der Waals surface area contributed by atoms with Crippen molar-refractivity contribution in [2.75, 3.05) is 19.8 Å². The number of hydrogen-bond donors (Lipinski definition) is 7. The first kappa shape index (κ1) is 52.0. The molecular formula is C50H78O18. The number of ether oxygens (including phenoxy) is 8. The number of aliphatic hydroxyl groups is 6. The van der Waals surface area contributed by atoms with E-state index in [-0.39, 0.29) is 59.2 Å². The first-order valence-corrected chi connectivity index (χ1v) is 24.9. The van der Waals surface area contributed by atoms with Gasteiger partial charge in [-0.2, -0.15) is 0 Å². The first-order chi connectivity index (χ1) is 31.8. The zero-order chi connectivity index (χ0) is 49.7. The predicted octanol–water partition coefficient (Wildman–Crippen LogP) is 3.13. The van der Waals surface area contributed by atoms with Gasteiger partial charge in [0.05, 0.1) is 37.4 Å². The molecule has 386 valence electrons. The van der Waals surface area contributed by atoms with E-state index >= 15 is 0 Å². The van der Waals surface area contributed by atoms with Gasteiger partial charge in [0.15, 0.2) is 31.1 Å². The molecule has 4 saturated carbocycles. The van der Waals surface area contributed by atoms with Crippen LogP contribution in [0.25, 0.3) is 0 Å². The van der Waals surface area contributed by atoms with Crippen LogP contribution in [0.5, 0.6) is 0 Å². The number of aliphatic hydroxyl groups excluding tert-OH is 6. The zero-order valence-corrected chi connectivity index (χ0v) is 41.2. The molecule has 0 aromatic heterocycles. The molecule has 22 atom stereocenters. The second-order valence-corrected chi connectivity index (χ2v) is 23.6. The van der Waals surface area contributed by atoms with Crippen LogP contribution in [0.15, 0.2) is 11.6 Å². The Bertz CT molecular complexity index is 1930. The average Bonchev–Trinajstić information content (AvgIpc) is 3.26. The van der Waals surface area contributed by atoms with E-state index in [4.69, 9.17) is 37.9 Å². The Labute approximate surface area is 399 Å². The first-order valence-electron chi connectivity index (χ1n) is 24.9. The average molecular weight is 967 g/mol. The molecule has 8 rings (SSSR count). The second-order valence-electron chi connectivity index (χ2n) is 23.6. The van der Waals surface area contributed by atoms with Crippen LogP contribution in [-0.4, -0.2) is 159 Å². The Balaban J connectivity index is 1.00. The number of carbonyl (C=O) groups excluding carboxylic acids is 2. The third kappa shape index (κ3) is 8.49. The highest BCUT2D eigenvalue weighted by Crippen LogP contribution is 2.76. The highest BCUT2D eigenvalue weighted by atomic mass is 16.8. The van der Waals surface area contributed by atoms with Crippen molar-refractivity contribution in [3.63, 3.8) is 0 Å². The number of allylic oxidation sites excluding steroid dienone is 2. The molecule has 0 bridgehead atoms. The lowest BCUT2D eigenvalue weighted by Crippen LogP contribution is -2.67. The zero-order valence-electron chi connectivity index (χ0n) is 41.2. The summed E-state index contributed by atoms with van der Waals surface area (Å²) in [5.74, 6) is -1.89. The van der Waals surface area contributed by atoms with Crippen LogP contribution in [0.3, 0.4) is 0 Å². The summed E-state index contributed by atoms with van der Waals surface area (Å²) in [4.78, 5) is 36.8. The van der Waals surface area contributed by atoms with Crippen molar-refractivity contribution in [2.24, 2.45) is 50.2 Å². The summed E-state index contributed by atoms with van der Waals surface area (Å²) in [5, 5.41) is 78.7. The SMILES string of the molecule is CC(=O)O[C@@H]1[C@@H](O)[C@H](O[C@@H]2[C@@H](O)[C@H](C)O[C@@H](O[C@H]3[C@@H](O[C@H]4CC[C@@]5(C)C(CC[C@]6(C)C5CC=C5C7CC(C)(C)CC[C@]7(C(=O)O)CC[C@]56C)[C@]4(C)CO)OC[C@H](O)[C@@H]3O)[C@@H]2O)OC[C@@H]1OC(C)=O. The van der Waals surface area contributed by atoms with Crippen LogP contribution < -0.4 is 0 Å². The van der Waals surface area contributed by atoms with Gasteiger partial charge in [-0.3, -0.25) is 14.4 Å². The van der Waals surface area contributed by atoms with Gasteiger partial charge in [-0.25, -0.2) is 0 Å². The molecular weight excluding hydrogens is 889 g/mol. The molecule has 7 N–H and O–H groups in total. The number of esters is 2. The largest absolute Gasteiger partial charge is 0.481 e. The second kappa shape index (κ2) is 18.6. The molecule has 0 aromatic rings. The van der Waals surface area contributed by atoms with Crippen LogP contribution in [0.2, 0.25) is 0 Å². The van der Waals surface area contributed by atoms with E-state index in [1.54, 1.807) is 0 Å². The number of carboxylic acid groups (broad SMARTS) is 1. The maximum absolute atomic E-state index is 13.2. The van der Waals surface area contributed by atoms with Gasteiger partial charge in [-0.05, 0) is 111 Å². The summed E-state index contributed by atoms with van der Waals surface area (Å²) < 4.78 is 47.1. The van der Waals surface area contributed by atoms with Gasteiger partial charge in [-0.15, -0.1) is 0 Å². The van der Waals surface area contributed by atoms with Crippen molar-refractivity contribution in [1.29, 1.82) is 0 Å². The van der Waals surface area contributed by atoms with E-state index < -0.39 is 115 Å². The third-order valence-corrected chi connectivity index (χ3v) is 19.3. The quantitative estimate of drug-likeness (QED) is 0.0942. The maximum Gasteiger partial charge on any atom is 0.310 e. The van der Waals surface area contributed by atoms with Crippen molar-refractivity contribution in [3.05, 3.63) is 11.6 Å². The minimum absolute atomic E-state index is 0.00715. The summed E-state index contributed by atoms with van der Waals surface area (Å²) in [6.07, 6.45) is -9.52. The molecule has 0 spiro atoms. The van der Waals surface area contributed by atoms with Crippen molar-refractivity contribution in [3.8, 4) is 0 Å². The van der Waals surface area contributed by atoms with E-state index in [9.17, 15) is 50.1 Å². The van der Waals surface area contributed by atoms with Gasteiger partial charge in [-0.1, -0.05) is 53.2 Å². The Hall–Kier alpha value is -2.33. The highest BCUT2D eigenvalue weighted by Gasteiger charge is 2.70. The Morgan fingerprint density at radius 1 is 0.706 bits per heavy atom. The summed E-state index contributed by atoms with van der Waals surface area (Å²) in [6.45, 7) is 16.7. The van der Waals surface area contributed by atoms with Crippen molar-refractivity contribution < 1.29 is 88.0 Å². The number of carbonyl (C=O) groups is 3. The summed E-state index contributed by atoms with van der Waals surface area (Å²) in [5.41, 5.74) is -0.641. The fourth-order valence-corrected chi connectivity index (χ4v) is 15.2. The van der Waals surface area contributed by atoms with Crippen molar-refractivity contribution >= 4 is 17.9 Å². The molecule has 0 aromatic carbocycles. The van der Waals surface area contributed by atoms with Gasteiger partial charge in [0.2, 0.25) is 0 Å². The van der Waals surface area contributed by atoms with Gasteiger partial charge in [0.1, 0.15) is 42.7 Å². The molecule has 3 heterocycles. The van der Waals surface area contributed by atoms with Crippen molar-refractivity contribution in [2.45, 2.75) is 213 Å². The van der Waals surface area contributed by atoms with E-state index in [1.165, 1.54) is 12.5 Å². The van der Waals surface area contributed by atoms with E-state index in [0.29, 0.717) is 19.3 Å². The molecule has 7 fully saturated rings.